The van der Waals surface area contributed by atoms with Gasteiger partial charge in [-0.1, -0.05) is 18.2 Å². The monoisotopic (exact) mass is 403 g/mol. The molecule has 1 N–H and O–H groups in total. The molecule has 5 rings (SSSR count). The third-order valence-electron chi connectivity index (χ3n) is 6.44. The highest BCUT2D eigenvalue weighted by molar-refractivity contribution is 5.81. The first-order chi connectivity index (χ1) is 14.8. The second-order valence-electron chi connectivity index (χ2n) is 8.65. The first-order valence-electron chi connectivity index (χ1n) is 11.1. The topological polar surface area (TPSA) is 65.4 Å². The maximum atomic E-state index is 10.7. The second-order valence-corrected chi connectivity index (χ2v) is 8.65. The molecule has 6 nitrogen and oxygen atoms in total. The lowest BCUT2D eigenvalue weighted by atomic mass is 9.94. The van der Waals surface area contributed by atoms with Gasteiger partial charge in [-0.15, -0.1) is 0 Å². The van der Waals surface area contributed by atoms with Gasteiger partial charge >= 0.3 is 0 Å². The van der Waals surface area contributed by atoms with E-state index < -0.39 is 0 Å². The fourth-order valence-electron chi connectivity index (χ4n) is 4.83. The molecule has 2 saturated heterocycles. The number of likely N-dealkylation sites (tertiary alicyclic amines) is 1. The Morgan fingerprint density at radius 1 is 0.933 bits per heavy atom. The maximum absolute atomic E-state index is 10.7. The molecule has 30 heavy (non-hydrogen) atoms. The van der Waals surface area contributed by atoms with Crippen LogP contribution in [-0.2, 0) is 13.0 Å². The second kappa shape index (κ2) is 8.66. The number of aliphatic hydroxyl groups is 1. The lowest BCUT2D eigenvalue weighted by Crippen LogP contribution is -2.31. The van der Waals surface area contributed by atoms with Crippen molar-refractivity contribution in [2.45, 2.75) is 38.3 Å². The Morgan fingerprint density at radius 3 is 2.57 bits per heavy atom. The summed E-state index contributed by atoms with van der Waals surface area (Å²) >= 11 is 0. The molecule has 0 bridgehead atoms. The number of hydrogen-bond acceptors (Lipinski definition) is 6. The molecule has 0 spiro atoms. The van der Waals surface area contributed by atoms with E-state index in [1.807, 2.05) is 30.7 Å². The summed E-state index contributed by atoms with van der Waals surface area (Å²) in [7, 11) is 0. The number of rotatable bonds is 5. The zero-order chi connectivity index (χ0) is 20.3. The molecule has 1 aromatic carbocycles. The van der Waals surface area contributed by atoms with Crippen LogP contribution < -0.4 is 4.90 Å². The highest BCUT2D eigenvalue weighted by Crippen LogP contribution is 2.26. The molecule has 0 saturated carbocycles. The molecular weight excluding hydrogens is 374 g/mol. The normalized spacial score (nSPS) is 22.6. The number of β-amino-alcohol motifs (C(OH)–C–C–N with tert-alkyl or cyclic N) is 1. The van der Waals surface area contributed by atoms with Gasteiger partial charge in [0.25, 0.3) is 0 Å². The predicted molar refractivity (Wildman–Crippen MR) is 118 cm³/mol. The van der Waals surface area contributed by atoms with Crippen LogP contribution in [0.15, 0.2) is 48.9 Å². The average Bonchev–Trinajstić information content (AvgIpc) is 3.13. The van der Waals surface area contributed by atoms with Gasteiger partial charge in [0.2, 0.25) is 5.95 Å². The Kier molecular flexibility index (Phi) is 5.60. The number of benzene rings is 1. The number of anilines is 1. The van der Waals surface area contributed by atoms with Gasteiger partial charge in [0.15, 0.2) is 0 Å². The zero-order valence-electron chi connectivity index (χ0n) is 17.3. The molecule has 0 radical (unpaired) electrons. The number of hydrogen-bond donors (Lipinski definition) is 1. The zero-order valence-corrected chi connectivity index (χ0v) is 17.3. The van der Waals surface area contributed by atoms with Crippen molar-refractivity contribution in [3.05, 3.63) is 60.0 Å². The van der Waals surface area contributed by atoms with Crippen molar-refractivity contribution in [3.63, 3.8) is 0 Å². The predicted octanol–water partition coefficient (Wildman–Crippen LogP) is 3.05. The Bertz CT molecular complexity index is 981. The van der Waals surface area contributed by atoms with Gasteiger partial charge in [0, 0.05) is 68.2 Å². The third kappa shape index (κ3) is 4.16. The molecule has 2 fully saturated rings. The number of para-hydroxylation sites is 1. The Hall–Kier alpha value is -2.57. The Labute approximate surface area is 177 Å². The summed E-state index contributed by atoms with van der Waals surface area (Å²) in [5.74, 6) is 1.08. The van der Waals surface area contributed by atoms with Crippen molar-refractivity contribution < 1.29 is 5.11 Å². The van der Waals surface area contributed by atoms with Crippen molar-refractivity contribution in [3.8, 4) is 0 Å². The minimum atomic E-state index is -0.314. The summed E-state index contributed by atoms with van der Waals surface area (Å²) in [5.41, 5.74) is 3.39. The molecule has 2 atom stereocenters. The molecule has 2 aliphatic heterocycles. The van der Waals surface area contributed by atoms with Gasteiger partial charge in [-0.05, 0) is 43.4 Å². The first kappa shape index (κ1) is 19.4. The minimum Gasteiger partial charge on any atom is -0.391 e. The van der Waals surface area contributed by atoms with E-state index in [1.54, 1.807) is 0 Å². The standard InChI is InChI=1S/C24H29N5O/c30-23-17-28(15-18-13-26-24(27-14-18)29-10-4-1-5-11-29)16-20(23)12-19-8-9-25-22-7-3-2-6-21(19)22/h2-3,6-9,13-14,20,23,30H,1,4-5,10-12,15-17H2/t20-,23+/m1/s1. The highest BCUT2D eigenvalue weighted by Gasteiger charge is 2.31. The number of aromatic nitrogens is 3. The Morgan fingerprint density at radius 2 is 1.73 bits per heavy atom. The minimum absolute atomic E-state index is 0.226. The molecule has 0 aliphatic carbocycles. The van der Waals surface area contributed by atoms with Gasteiger partial charge in [-0.2, -0.15) is 0 Å². The third-order valence-corrected chi connectivity index (χ3v) is 6.44. The van der Waals surface area contributed by atoms with Crippen molar-refractivity contribution in [2.75, 3.05) is 31.1 Å². The Balaban J connectivity index is 1.22. The molecule has 6 heteroatoms. The van der Waals surface area contributed by atoms with Crippen molar-refractivity contribution in [2.24, 2.45) is 5.92 Å². The SMILES string of the molecule is O[C@H]1CN(Cc2cnc(N3CCCCC3)nc2)C[C@H]1Cc1ccnc2ccccc12. The molecule has 2 aliphatic rings. The van der Waals surface area contributed by atoms with E-state index in [4.69, 9.17) is 0 Å². The lowest BCUT2D eigenvalue weighted by Gasteiger charge is -2.26. The molecule has 156 valence electrons. The van der Waals surface area contributed by atoms with Crippen LogP contribution in [0.2, 0.25) is 0 Å². The number of nitrogens with zero attached hydrogens (tertiary/aromatic N) is 5. The van der Waals surface area contributed by atoms with Crippen LogP contribution in [-0.4, -0.2) is 57.2 Å². The van der Waals surface area contributed by atoms with E-state index in [1.165, 1.54) is 30.2 Å². The average molecular weight is 404 g/mol. The maximum Gasteiger partial charge on any atom is 0.225 e. The van der Waals surface area contributed by atoms with Crippen LogP contribution in [0.4, 0.5) is 5.95 Å². The van der Waals surface area contributed by atoms with E-state index in [2.05, 4.69) is 43.0 Å². The van der Waals surface area contributed by atoms with Gasteiger partial charge < -0.3 is 10.0 Å². The van der Waals surface area contributed by atoms with E-state index >= 15 is 0 Å². The van der Waals surface area contributed by atoms with Gasteiger partial charge in [-0.3, -0.25) is 9.88 Å². The van der Waals surface area contributed by atoms with E-state index in [9.17, 15) is 5.11 Å². The summed E-state index contributed by atoms with van der Waals surface area (Å²) in [5, 5.41) is 11.9. The largest absolute Gasteiger partial charge is 0.391 e. The summed E-state index contributed by atoms with van der Waals surface area (Å²) in [6, 6.07) is 10.3. The molecule has 4 heterocycles. The number of aliphatic hydroxyl groups excluding tert-OH is 1. The highest BCUT2D eigenvalue weighted by atomic mass is 16.3. The molecular formula is C24H29N5O. The number of pyridine rings is 1. The van der Waals surface area contributed by atoms with Gasteiger partial charge in [0.1, 0.15) is 0 Å². The molecule has 0 amide bonds. The number of piperidine rings is 1. The summed E-state index contributed by atoms with van der Waals surface area (Å²) < 4.78 is 0. The van der Waals surface area contributed by atoms with Crippen LogP contribution in [0.3, 0.4) is 0 Å². The fourth-order valence-corrected chi connectivity index (χ4v) is 4.83. The van der Waals surface area contributed by atoms with Crippen molar-refractivity contribution in [1.82, 2.24) is 19.9 Å². The van der Waals surface area contributed by atoms with Crippen LogP contribution in [0.1, 0.15) is 30.4 Å². The fraction of sp³-hybridized carbons (Fsp3) is 0.458. The van der Waals surface area contributed by atoms with Crippen LogP contribution in [0.25, 0.3) is 10.9 Å². The van der Waals surface area contributed by atoms with Crippen LogP contribution >= 0.6 is 0 Å². The lowest BCUT2D eigenvalue weighted by molar-refractivity contribution is 0.141. The van der Waals surface area contributed by atoms with Crippen molar-refractivity contribution >= 4 is 16.9 Å². The van der Waals surface area contributed by atoms with E-state index in [0.29, 0.717) is 6.54 Å². The molecule has 3 aromatic rings. The van der Waals surface area contributed by atoms with Crippen LogP contribution in [0.5, 0.6) is 0 Å². The first-order valence-corrected chi connectivity index (χ1v) is 11.1. The van der Waals surface area contributed by atoms with E-state index in [0.717, 1.165) is 49.6 Å². The van der Waals surface area contributed by atoms with E-state index in [-0.39, 0.29) is 12.0 Å². The molecule has 0 unspecified atom stereocenters. The van der Waals surface area contributed by atoms with Crippen LogP contribution in [0, 0.1) is 5.92 Å². The van der Waals surface area contributed by atoms with Gasteiger partial charge in [0.05, 0.1) is 11.6 Å². The van der Waals surface area contributed by atoms with Gasteiger partial charge in [-0.25, -0.2) is 9.97 Å². The summed E-state index contributed by atoms with van der Waals surface area (Å²) in [6.45, 7) is 4.48. The summed E-state index contributed by atoms with van der Waals surface area (Å²) in [6.07, 6.45) is 10.1. The smallest absolute Gasteiger partial charge is 0.225 e. The number of fused-ring (bicyclic) bond motifs is 1. The molecule has 2 aromatic heterocycles. The van der Waals surface area contributed by atoms with Crippen molar-refractivity contribution in [1.29, 1.82) is 0 Å². The quantitative estimate of drug-likeness (QED) is 0.706. The summed E-state index contributed by atoms with van der Waals surface area (Å²) in [4.78, 5) is 18.3.